The van der Waals surface area contributed by atoms with Crippen LogP contribution in [0.25, 0.3) is 0 Å². The molecule has 20 heavy (non-hydrogen) atoms. The zero-order valence-electron chi connectivity index (χ0n) is 13.1. The summed E-state index contributed by atoms with van der Waals surface area (Å²) in [5.41, 5.74) is 0. The zero-order valence-corrected chi connectivity index (χ0v) is 13.1. The first kappa shape index (κ1) is 15.8. The molecule has 0 unspecified atom stereocenters. The number of piperazine rings is 1. The molecule has 1 amide bonds. The normalized spacial score (nSPS) is 22.9. The van der Waals surface area contributed by atoms with Crippen molar-refractivity contribution >= 4 is 5.91 Å². The van der Waals surface area contributed by atoms with Crippen LogP contribution in [0.3, 0.4) is 0 Å². The summed E-state index contributed by atoms with van der Waals surface area (Å²) >= 11 is 0. The molecule has 0 aromatic rings. The molecule has 2 aliphatic rings. The van der Waals surface area contributed by atoms with Crippen LogP contribution < -0.4 is 5.32 Å². The van der Waals surface area contributed by atoms with Gasteiger partial charge in [-0.3, -0.25) is 4.79 Å². The van der Waals surface area contributed by atoms with Crippen molar-refractivity contribution in [3.05, 3.63) is 0 Å². The highest BCUT2D eigenvalue weighted by molar-refractivity contribution is 5.76. The molecule has 2 fully saturated rings. The van der Waals surface area contributed by atoms with E-state index in [1.807, 2.05) is 0 Å². The summed E-state index contributed by atoms with van der Waals surface area (Å²) < 4.78 is 0. The molecule has 0 aromatic heterocycles. The summed E-state index contributed by atoms with van der Waals surface area (Å²) in [5.74, 6) is 0.927. The van der Waals surface area contributed by atoms with Crippen molar-refractivity contribution < 1.29 is 4.79 Å². The summed E-state index contributed by atoms with van der Waals surface area (Å²) in [6.07, 6.45) is 8.36. The van der Waals surface area contributed by atoms with E-state index in [1.54, 1.807) is 0 Å². The van der Waals surface area contributed by atoms with Gasteiger partial charge < -0.3 is 15.1 Å². The van der Waals surface area contributed by atoms with Gasteiger partial charge in [-0.25, -0.2) is 0 Å². The second-order valence-electron chi connectivity index (χ2n) is 6.56. The third kappa shape index (κ3) is 5.80. The van der Waals surface area contributed by atoms with Crippen LogP contribution in [0.4, 0.5) is 0 Å². The second kappa shape index (κ2) is 8.63. The molecule has 116 valence electrons. The predicted octanol–water partition coefficient (Wildman–Crippen LogP) is 1.71. The maximum absolute atomic E-state index is 11.9. The number of hydrogen-bond acceptors (Lipinski definition) is 3. The molecule has 2 rings (SSSR count). The van der Waals surface area contributed by atoms with E-state index in [2.05, 4.69) is 22.2 Å². The lowest BCUT2D eigenvalue weighted by atomic mass is 9.87. The fraction of sp³-hybridized carbons (Fsp3) is 0.938. The first-order valence-corrected chi connectivity index (χ1v) is 8.41. The van der Waals surface area contributed by atoms with Gasteiger partial charge in [0.15, 0.2) is 0 Å². The molecule has 0 spiro atoms. The van der Waals surface area contributed by atoms with Crippen molar-refractivity contribution in [3.8, 4) is 0 Å². The minimum absolute atomic E-state index is 0.273. The fourth-order valence-electron chi connectivity index (χ4n) is 3.33. The fourth-order valence-corrected chi connectivity index (χ4v) is 3.33. The highest BCUT2D eigenvalue weighted by Crippen LogP contribution is 2.25. The molecule has 1 heterocycles. The Labute approximate surface area is 123 Å². The molecule has 4 heteroatoms. The van der Waals surface area contributed by atoms with Crippen LogP contribution in [0.15, 0.2) is 0 Å². The summed E-state index contributed by atoms with van der Waals surface area (Å²) in [7, 11) is 2.18. The van der Waals surface area contributed by atoms with Gasteiger partial charge in [0, 0.05) is 39.1 Å². The van der Waals surface area contributed by atoms with Crippen molar-refractivity contribution in [2.45, 2.75) is 44.9 Å². The van der Waals surface area contributed by atoms with Crippen LogP contribution in [0.2, 0.25) is 0 Å². The Morgan fingerprint density at radius 3 is 2.50 bits per heavy atom. The molecule has 1 saturated carbocycles. The van der Waals surface area contributed by atoms with Crippen molar-refractivity contribution in [3.63, 3.8) is 0 Å². The number of likely N-dealkylation sites (N-methyl/N-ethyl adjacent to an activating group) is 1. The third-order valence-corrected chi connectivity index (χ3v) is 4.77. The maximum atomic E-state index is 11.9. The van der Waals surface area contributed by atoms with Gasteiger partial charge in [0.2, 0.25) is 5.91 Å². The molecule has 0 atom stereocenters. The van der Waals surface area contributed by atoms with Gasteiger partial charge in [0.25, 0.3) is 0 Å². The third-order valence-electron chi connectivity index (χ3n) is 4.77. The van der Waals surface area contributed by atoms with Gasteiger partial charge in [-0.2, -0.15) is 0 Å². The maximum Gasteiger partial charge on any atom is 0.220 e. The topological polar surface area (TPSA) is 35.6 Å². The highest BCUT2D eigenvalue weighted by Gasteiger charge is 2.17. The molecular weight excluding hydrogens is 250 g/mol. The monoisotopic (exact) mass is 281 g/mol. The SMILES string of the molecule is CN1CCN(CCCNC(=O)CC2CCCCC2)CC1. The number of rotatable bonds is 6. The largest absolute Gasteiger partial charge is 0.356 e. The standard InChI is InChI=1S/C16H31N3O/c1-18-10-12-19(13-11-18)9-5-8-17-16(20)14-15-6-3-2-4-7-15/h15H,2-14H2,1H3,(H,17,20). The quantitative estimate of drug-likeness (QED) is 0.753. The smallest absolute Gasteiger partial charge is 0.220 e. The molecule has 0 radical (unpaired) electrons. The van der Waals surface area contributed by atoms with E-state index in [0.717, 1.165) is 25.9 Å². The zero-order chi connectivity index (χ0) is 14.2. The number of nitrogens with one attached hydrogen (secondary N) is 1. The molecule has 1 aliphatic carbocycles. The summed E-state index contributed by atoms with van der Waals surface area (Å²) in [6.45, 7) is 6.66. The van der Waals surface area contributed by atoms with Crippen LogP contribution in [-0.4, -0.2) is 62.0 Å². The van der Waals surface area contributed by atoms with E-state index < -0.39 is 0 Å². The summed E-state index contributed by atoms with van der Waals surface area (Å²) in [4.78, 5) is 16.8. The van der Waals surface area contributed by atoms with Gasteiger partial charge in [0.1, 0.15) is 0 Å². The summed E-state index contributed by atoms with van der Waals surface area (Å²) in [5, 5.41) is 3.10. The highest BCUT2D eigenvalue weighted by atomic mass is 16.1. The number of hydrogen-bond donors (Lipinski definition) is 1. The minimum Gasteiger partial charge on any atom is -0.356 e. The van der Waals surface area contributed by atoms with Crippen LogP contribution in [0, 0.1) is 5.92 Å². The molecule has 0 aromatic carbocycles. The molecule has 1 saturated heterocycles. The van der Waals surface area contributed by atoms with Gasteiger partial charge in [0.05, 0.1) is 0 Å². The Balaban J connectivity index is 1.48. The van der Waals surface area contributed by atoms with Gasteiger partial charge in [-0.1, -0.05) is 19.3 Å². The first-order valence-electron chi connectivity index (χ1n) is 8.41. The van der Waals surface area contributed by atoms with Gasteiger partial charge in [-0.15, -0.1) is 0 Å². The molecule has 4 nitrogen and oxygen atoms in total. The van der Waals surface area contributed by atoms with Crippen LogP contribution in [-0.2, 0) is 4.79 Å². The van der Waals surface area contributed by atoms with Gasteiger partial charge in [-0.05, 0) is 38.8 Å². The van der Waals surface area contributed by atoms with E-state index >= 15 is 0 Å². The molecule has 0 bridgehead atoms. The van der Waals surface area contributed by atoms with Crippen LogP contribution in [0.5, 0.6) is 0 Å². The van der Waals surface area contributed by atoms with Crippen molar-refractivity contribution in [1.82, 2.24) is 15.1 Å². The van der Waals surface area contributed by atoms with E-state index in [0.29, 0.717) is 5.92 Å². The lowest BCUT2D eigenvalue weighted by molar-refractivity contribution is -0.122. The Kier molecular flexibility index (Phi) is 6.80. The van der Waals surface area contributed by atoms with E-state index in [9.17, 15) is 4.79 Å². The van der Waals surface area contributed by atoms with E-state index in [4.69, 9.17) is 0 Å². The molecule has 1 N–H and O–H groups in total. The van der Waals surface area contributed by atoms with Crippen LogP contribution in [0.1, 0.15) is 44.9 Å². The van der Waals surface area contributed by atoms with Crippen molar-refractivity contribution in [2.24, 2.45) is 5.92 Å². The Bertz CT molecular complexity index is 281. The number of amides is 1. The van der Waals surface area contributed by atoms with Crippen LogP contribution >= 0.6 is 0 Å². The average molecular weight is 281 g/mol. The lowest BCUT2D eigenvalue weighted by Gasteiger charge is -2.32. The summed E-state index contributed by atoms with van der Waals surface area (Å²) in [6, 6.07) is 0. The van der Waals surface area contributed by atoms with Crippen molar-refractivity contribution in [2.75, 3.05) is 46.3 Å². The first-order chi connectivity index (χ1) is 9.74. The number of nitrogens with zero attached hydrogens (tertiary/aromatic N) is 2. The van der Waals surface area contributed by atoms with E-state index in [-0.39, 0.29) is 5.91 Å². The lowest BCUT2D eigenvalue weighted by Crippen LogP contribution is -2.45. The average Bonchev–Trinajstić information content (AvgIpc) is 2.46. The Morgan fingerprint density at radius 2 is 1.80 bits per heavy atom. The predicted molar refractivity (Wildman–Crippen MR) is 82.8 cm³/mol. The Hall–Kier alpha value is -0.610. The van der Waals surface area contributed by atoms with Gasteiger partial charge >= 0.3 is 0 Å². The molecule has 1 aliphatic heterocycles. The number of carbonyl (C=O) groups excluding carboxylic acids is 1. The molecular formula is C16H31N3O. The second-order valence-corrected chi connectivity index (χ2v) is 6.56. The van der Waals surface area contributed by atoms with Crippen molar-refractivity contribution in [1.29, 1.82) is 0 Å². The minimum atomic E-state index is 0.273. The Morgan fingerprint density at radius 1 is 1.10 bits per heavy atom. The van der Waals surface area contributed by atoms with E-state index in [1.165, 1.54) is 58.3 Å². The number of carbonyl (C=O) groups is 1.